The summed E-state index contributed by atoms with van der Waals surface area (Å²) >= 11 is 0. The lowest BCUT2D eigenvalue weighted by atomic mass is 10.0. The van der Waals surface area contributed by atoms with Gasteiger partial charge in [0.1, 0.15) is 11.6 Å². The lowest BCUT2D eigenvalue weighted by Crippen LogP contribution is -2.34. The van der Waals surface area contributed by atoms with Gasteiger partial charge in [-0.25, -0.2) is 0 Å². The fraction of sp³-hybridized carbons (Fsp3) is 0.833. The van der Waals surface area contributed by atoms with Crippen LogP contribution in [0.15, 0.2) is 0 Å². The normalized spacial score (nSPS) is 12.4. The topological polar surface area (TPSA) is 58.2 Å². The Labute approximate surface area is 98.2 Å². The van der Waals surface area contributed by atoms with Crippen LogP contribution in [-0.4, -0.2) is 38.2 Å². The number of hydrogen-bond acceptors (Lipinski definition) is 4. The maximum Gasteiger partial charge on any atom is 0.150 e. The zero-order chi connectivity index (χ0) is 12.4. The highest BCUT2D eigenvalue weighted by Crippen LogP contribution is 2.05. The molecule has 0 fully saturated rings. The average molecular weight is 228 g/mol. The lowest BCUT2D eigenvalue weighted by Gasteiger charge is -2.14. The molecule has 0 aromatic rings. The van der Waals surface area contributed by atoms with Crippen LogP contribution in [0.4, 0.5) is 0 Å². The molecule has 0 spiro atoms. The first-order valence-electron chi connectivity index (χ1n) is 5.95. The summed E-state index contributed by atoms with van der Waals surface area (Å²) in [5.74, 6) is 0.237. The van der Waals surface area contributed by atoms with E-state index >= 15 is 0 Å². The van der Waals surface area contributed by atoms with E-state index in [0.717, 1.165) is 25.8 Å². The number of carbonyl (C=O) groups excluding carboxylic acids is 2. The van der Waals surface area contributed by atoms with Gasteiger partial charge in [0.15, 0.2) is 0 Å². The van der Waals surface area contributed by atoms with Gasteiger partial charge in [0, 0.05) is 12.8 Å². The molecule has 0 aromatic carbocycles. The number of likely N-dealkylation sites (N-methyl/N-ethyl adjacent to an activating group) is 1. The summed E-state index contributed by atoms with van der Waals surface area (Å²) in [7, 11) is 3.72. The molecule has 2 N–H and O–H groups in total. The Kier molecular flexibility index (Phi) is 9.04. The third kappa shape index (κ3) is 7.54. The van der Waals surface area contributed by atoms with Crippen molar-refractivity contribution in [1.29, 1.82) is 0 Å². The minimum atomic E-state index is -0.0868. The molecule has 1 atom stereocenters. The summed E-state index contributed by atoms with van der Waals surface area (Å²) in [6.07, 6.45) is 3.70. The van der Waals surface area contributed by atoms with E-state index in [4.69, 9.17) is 0 Å². The monoisotopic (exact) mass is 228 g/mol. The summed E-state index contributed by atoms with van der Waals surface area (Å²) < 4.78 is 0. The van der Waals surface area contributed by atoms with Crippen LogP contribution in [0.3, 0.4) is 0 Å². The van der Waals surface area contributed by atoms with E-state index in [-0.39, 0.29) is 17.6 Å². The van der Waals surface area contributed by atoms with Gasteiger partial charge in [0.25, 0.3) is 0 Å². The summed E-state index contributed by atoms with van der Waals surface area (Å²) in [6, 6.07) is -0.0868. The third-order valence-electron chi connectivity index (χ3n) is 2.63. The first kappa shape index (κ1) is 15.3. The largest absolute Gasteiger partial charge is 0.320 e. The molecule has 0 rings (SSSR count). The maximum atomic E-state index is 11.7. The lowest BCUT2D eigenvalue weighted by molar-refractivity contribution is -0.124. The van der Waals surface area contributed by atoms with Crippen LogP contribution in [0.5, 0.6) is 0 Å². The van der Waals surface area contributed by atoms with E-state index in [0.29, 0.717) is 12.8 Å². The van der Waals surface area contributed by atoms with Crippen LogP contribution in [0.2, 0.25) is 0 Å². The van der Waals surface area contributed by atoms with Crippen LogP contribution in [-0.2, 0) is 9.59 Å². The van der Waals surface area contributed by atoms with Crippen LogP contribution in [0.25, 0.3) is 0 Å². The van der Waals surface area contributed by atoms with Crippen molar-refractivity contribution in [2.24, 2.45) is 0 Å². The van der Waals surface area contributed by atoms with E-state index in [9.17, 15) is 9.59 Å². The number of Topliss-reactive ketones (excluding diaryl/α,β-unsaturated/α-hetero) is 2. The van der Waals surface area contributed by atoms with E-state index in [1.165, 1.54) is 6.92 Å². The quantitative estimate of drug-likeness (QED) is 0.546. The molecule has 0 aliphatic heterocycles. The second-order valence-electron chi connectivity index (χ2n) is 4.11. The molecule has 0 heterocycles. The van der Waals surface area contributed by atoms with Gasteiger partial charge in [-0.2, -0.15) is 0 Å². The van der Waals surface area contributed by atoms with Gasteiger partial charge in [-0.1, -0.05) is 6.42 Å². The third-order valence-corrected chi connectivity index (χ3v) is 2.63. The highest BCUT2D eigenvalue weighted by Gasteiger charge is 2.15. The number of hydrogen-bond donors (Lipinski definition) is 2. The minimum absolute atomic E-state index is 0.0818. The molecule has 0 aromatic heterocycles. The zero-order valence-electron chi connectivity index (χ0n) is 10.6. The minimum Gasteiger partial charge on any atom is -0.320 e. The second-order valence-corrected chi connectivity index (χ2v) is 4.11. The number of ketones is 2. The van der Waals surface area contributed by atoms with Gasteiger partial charge in [-0.15, -0.1) is 0 Å². The van der Waals surface area contributed by atoms with Crippen molar-refractivity contribution in [2.75, 3.05) is 20.6 Å². The highest BCUT2D eigenvalue weighted by molar-refractivity contribution is 5.88. The number of nitrogens with one attached hydrogen (secondary N) is 2. The zero-order valence-corrected chi connectivity index (χ0v) is 10.6. The Morgan fingerprint density at radius 3 is 2.31 bits per heavy atom. The summed E-state index contributed by atoms with van der Waals surface area (Å²) in [5, 5.41) is 6.10. The van der Waals surface area contributed by atoms with E-state index in [1.54, 1.807) is 7.05 Å². The van der Waals surface area contributed by atoms with Gasteiger partial charge in [0.05, 0.1) is 6.04 Å². The van der Waals surface area contributed by atoms with Crippen molar-refractivity contribution >= 4 is 11.6 Å². The molecule has 0 saturated heterocycles. The van der Waals surface area contributed by atoms with Gasteiger partial charge in [0.2, 0.25) is 0 Å². The van der Waals surface area contributed by atoms with E-state index < -0.39 is 0 Å². The predicted octanol–water partition coefficient (Wildman–Crippen LogP) is 0.902. The Morgan fingerprint density at radius 1 is 1.12 bits per heavy atom. The van der Waals surface area contributed by atoms with Crippen molar-refractivity contribution in [3.8, 4) is 0 Å². The molecule has 4 nitrogen and oxygen atoms in total. The smallest absolute Gasteiger partial charge is 0.150 e. The summed E-state index contributed by atoms with van der Waals surface area (Å²) in [6.45, 7) is 2.51. The molecule has 0 saturated carbocycles. The highest BCUT2D eigenvalue weighted by atomic mass is 16.1. The molecule has 4 heteroatoms. The van der Waals surface area contributed by atoms with Gasteiger partial charge < -0.3 is 15.4 Å². The maximum absolute atomic E-state index is 11.7. The molecule has 0 aliphatic rings. The van der Waals surface area contributed by atoms with Crippen LogP contribution >= 0.6 is 0 Å². The van der Waals surface area contributed by atoms with Crippen molar-refractivity contribution in [1.82, 2.24) is 10.6 Å². The fourth-order valence-electron chi connectivity index (χ4n) is 1.59. The summed E-state index contributed by atoms with van der Waals surface area (Å²) in [5.41, 5.74) is 0. The van der Waals surface area contributed by atoms with Crippen LogP contribution in [0.1, 0.15) is 39.0 Å². The van der Waals surface area contributed by atoms with E-state index in [1.807, 2.05) is 7.05 Å². The van der Waals surface area contributed by atoms with Gasteiger partial charge in [-0.05, 0) is 40.4 Å². The first-order valence-corrected chi connectivity index (χ1v) is 5.95. The predicted molar refractivity (Wildman–Crippen MR) is 65.5 cm³/mol. The number of carbonyl (C=O) groups is 2. The van der Waals surface area contributed by atoms with E-state index in [2.05, 4.69) is 10.6 Å². The summed E-state index contributed by atoms with van der Waals surface area (Å²) in [4.78, 5) is 22.5. The molecule has 0 amide bonds. The number of unbranched alkanes of at least 4 members (excludes halogenated alkanes) is 1. The molecule has 94 valence electrons. The molecule has 16 heavy (non-hydrogen) atoms. The molecule has 0 aliphatic carbocycles. The van der Waals surface area contributed by atoms with Crippen molar-refractivity contribution in [3.63, 3.8) is 0 Å². The average Bonchev–Trinajstić information content (AvgIpc) is 2.26. The molecule has 0 radical (unpaired) electrons. The first-order chi connectivity index (χ1) is 7.61. The Hall–Kier alpha value is -0.740. The molecule has 1 unspecified atom stereocenters. The van der Waals surface area contributed by atoms with Crippen LogP contribution in [0, 0.1) is 0 Å². The van der Waals surface area contributed by atoms with Crippen molar-refractivity contribution in [2.45, 2.75) is 45.1 Å². The Morgan fingerprint density at radius 2 is 1.81 bits per heavy atom. The Balaban J connectivity index is 3.78. The molecular weight excluding hydrogens is 204 g/mol. The Bertz CT molecular complexity index is 217. The molecule has 0 bridgehead atoms. The SMILES string of the molecule is CNCCCCC(NC)C(=O)CCC(C)=O. The second kappa shape index (κ2) is 9.48. The van der Waals surface area contributed by atoms with Crippen LogP contribution < -0.4 is 10.6 Å². The standard InChI is InChI=1S/C12H24N2O2/c1-10(15)7-8-12(16)11(14-3)6-4-5-9-13-2/h11,13-14H,4-9H2,1-3H3. The fourth-order valence-corrected chi connectivity index (χ4v) is 1.59. The van der Waals surface area contributed by atoms with Crippen molar-refractivity contribution < 1.29 is 9.59 Å². The van der Waals surface area contributed by atoms with Crippen molar-refractivity contribution in [3.05, 3.63) is 0 Å². The molecular formula is C12H24N2O2. The van der Waals surface area contributed by atoms with Gasteiger partial charge >= 0.3 is 0 Å². The number of rotatable bonds is 10. The van der Waals surface area contributed by atoms with Gasteiger partial charge in [-0.3, -0.25) is 4.79 Å².